The van der Waals surface area contributed by atoms with Crippen molar-refractivity contribution in [3.8, 4) is 6.07 Å². The second kappa shape index (κ2) is 8.92. The monoisotopic (exact) mass is 338 g/mol. The number of benzene rings is 1. The molecule has 4 nitrogen and oxygen atoms in total. The molecular formula is C16H20Cl2N4. The molecule has 0 saturated carbocycles. The fourth-order valence-corrected chi connectivity index (χ4v) is 2.92. The molecule has 0 amide bonds. The number of nitrogens with zero attached hydrogens (tertiary/aromatic N) is 3. The summed E-state index contributed by atoms with van der Waals surface area (Å²) in [5, 5.41) is 13.7. The SMILES string of the molecule is Cl.Cl.N#CC[C@H](c1ccnc2ccccc12)N1CCNCC1. The van der Waals surface area contributed by atoms with Gasteiger partial charge in [-0.15, -0.1) is 24.8 Å². The first-order chi connectivity index (χ1) is 9.90. The van der Waals surface area contributed by atoms with Crippen molar-refractivity contribution < 1.29 is 0 Å². The highest BCUT2D eigenvalue weighted by molar-refractivity contribution is 5.85. The molecule has 1 aliphatic heterocycles. The van der Waals surface area contributed by atoms with Crippen LogP contribution in [0.15, 0.2) is 36.5 Å². The van der Waals surface area contributed by atoms with Crippen LogP contribution < -0.4 is 5.32 Å². The van der Waals surface area contributed by atoms with Crippen molar-refractivity contribution in [2.75, 3.05) is 26.2 Å². The Morgan fingerprint density at radius 2 is 1.91 bits per heavy atom. The van der Waals surface area contributed by atoms with Crippen LogP contribution >= 0.6 is 24.8 Å². The number of rotatable bonds is 3. The van der Waals surface area contributed by atoms with Gasteiger partial charge in [0, 0.05) is 43.8 Å². The molecule has 0 spiro atoms. The molecule has 1 aliphatic rings. The average Bonchev–Trinajstić information content (AvgIpc) is 2.53. The van der Waals surface area contributed by atoms with Gasteiger partial charge < -0.3 is 5.32 Å². The zero-order chi connectivity index (χ0) is 13.8. The Kier molecular flexibility index (Phi) is 7.57. The van der Waals surface area contributed by atoms with E-state index in [9.17, 15) is 5.26 Å². The maximum absolute atomic E-state index is 9.19. The van der Waals surface area contributed by atoms with Gasteiger partial charge in [0.2, 0.25) is 0 Å². The van der Waals surface area contributed by atoms with Gasteiger partial charge in [0.05, 0.1) is 18.0 Å². The van der Waals surface area contributed by atoms with Crippen LogP contribution in [0.2, 0.25) is 0 Å². The fraction of sp³-hybridized carbons (Fsp3) is 0.375. The summed E-state index contributed by atoms with van der Waals surface area (Å²) in [6, 6.07) is 12.7. The molecule has 6 heteroatoms. The highest BCUT2D eigenvalue weighted by Gasteiger charge is 2.23. The average molecular weight is 339 g/mol. The van der Waals surface area contributed by atoms with E-state index in [-0.39, 0.29) is 30.9 Å². The van der Waals surface area contributed by atoms with E-state index >= 15 is 0 Å². The Bertz CT molecular complexity index is 630. The third-order valence-corrected chi connectivity index (χ3v) is 3.92. The van der Waals surface area contributed by atoms with E-state index in [0.717, 1.165) is 37.1 Å². The summed E-state index contributed by atoms with van der Waals surface area (Å²) in [6.45, 7) is 3.96. The lowest BCUT2D eigenvalue weighted by Crippen LogP contribution is -2.45. The predicted octanol–water partition coefficient (Wildman–Crippen LogP) is 2.94. The van der Waals surface area contributed by atoms with Gasteiger partial charge in [-0.3, -0.25) is 9.88 Å². The number of piperazine rings is 1. The van der Waals surface area contributed by atoms with Crippen molar-refractivity contribution in [1.29, 1.82) is 5.26 Å². The van der Waals surface area contributed by atoms with Crippen molar-refractivity contribution in [2.24, 2.45) is 0 Å². The van der Waals surface area contributed by atoms with E-state index in [2.05, 4.69) is 33.4 Å². The van der Waals surface area contributed by atoms with Crippen molar-refractivity contribution in [3.63, 3.8) is 0 Å². The summed E-state index contributed by atoms with van der Waals surface area (Å²) < 4.78 is 0. The fourth-order valence-electron chi connectivity index (χ4n) is 2.92. The van der Waals surface area contributed by atoms with E-state index in [1.54, 1.807) is 0 Å². The molecular weight excluding hydrogens is 319 g/mol. The van der Waals surface area contributed by atoms with Crippen LogP contribution in [0.5, 0.6) is 0 Å². The third kappa shape index (κ3) is 3.88. The molecule has 1 fully saturated rings. The van der Waals surface area contributed by atoms with Crippen molar-refractivity contribution >= 4 is 35.7 Å². The molecule has 0 aliphatic carbocycles. The maximum Gasteiger partial charge on any atom is 0.0705 e. The highest BCUT2D eigenvalue weighted by Crippen LogP contribution is 2.29. The summed E-state index contributed by atoms with van der Waals surface area (Å²) in [7, 11) is 0. The number of aromatic nitrogens is 1. The van der Waals surface area contributed by atoms with Gasteiger partial charge in [0.1, 0.15) is 0 Å². The summed E-state index contributed by atoms with van der Waals surface area (Å²) in [5.74, 6) is 0. The molecule has 1 aromatic heterocycles. The second-order valence-electron chi connectivity index (χ2n) is 5.08. The Morgan fingerprint density at radius 3 is 2.64 bits per heavy atom. The molecule has 2 aromatic rings. The molecule has 0 radical (unpaired) electrons. The summed E-state index contributed by atoms with van der Waals surface area (Å²) >= 11 is 0. The Morgan fingerprint density at radius 1 is 1.18 bits per heavy atom. The van der Waals surface area contributed by atoms with E-state index in [4.69, 9.17) is 0 Å². The van der Waals surface area contributed by atoms with Gasteiger partial charge in [-0.2, -0.15) is 5.26 Å². The second-order valence-corrected chi connectivity index (χ2v) is 5.08. The largest absolute Gasteiger partial charge is 0.314 e. The molecule has 3 rings (SSSR count). The van der Waals surface area contributed by atoms with Crippen LogP contribution in [0, 0.1) is 11.3 Å². The molecule has 1 aromatic carbocycles. The molecule has 0 bridgehead atoms. The predicted molar refractivity (Wildman–Crippen MR) is 93.7 cm³/mol. The minimum Gasteiger partial charge on any atom is -0.314 e. The molecule has 1 atom stereocenters. The highest BCUT2D eigenvalue weighted by atomic mass is 35.5. The first-order valence-corrected chi connectivity index (χ1v) is 7.05. The van der Waals surface area contributed by atoms with Crippen LogP contribution in [0.3, 0.4) is 0 Å². The minimum atomic E-state index is 0. The number of nitriles is 1. The van der Waals surface area contributed by atoms with E-state index < -0.39 is 0 Å². The number of hydrogen-bond acceptors (Lipinski definition) is 4. The van der Waals surface area contributed by atoms with Gasteiger partial charge >= 0.3 is 0 Å². The number of halogens is 2. The molecule has 1 saturated heterocycles. The number of hydrogen-bond donors (Lipinski definition) is 1. The molecule has 118 valence electrons. The lowest BCUT2D eigenvalue weighted by molar-refractivity contribution is 0.176. The van der Waals surface area contributed by atoms with E-state index in [1.165, 1.54) is 5.56 Å². The first-order valence-electron chi connectivity index (χ1n) is 7.05. The van der Waals surface area contributed by atoms with Crippen molar-refractivity contribution in [3.05, 3.63) is 42.1 Å². The lowest BCUT2D eigenvalue weighted by atomic mass is 9.98. The van der Waals surface area contributed by atoms with Crippen LogP contribution in [0.1, 0.15) is 18.0 Å². The summed E-state index contributed by atoms with van der Waals surface area (Å²) in [4.78, 5) is 6.82. The van der Waals surface area contributed by atoms with Gasteiger partial charge in [0.25, 0.3) is 0 Å². The molecule has 22 heavy (non-hydrogen) atoms. The van der Waals surface area contributed by atoms with Crippen LogP contribution in [-0.4, -0.2) is 36.1 Å². The molecule has 1 N–H and O–H groups in total. The third-order valence-electron chi connectivity index (χ3n) is 3.92. The number of pyridine rings is 1. The first kappa shape index (κ1) is 18.7. The number of para-hydroxylation sites is 1. The Labute approximate surface area is 143 Å². The van der Waals surface area contributed by atoms with Crippen molar-refractivity contribution in [2.45, 2.75) is 12.5 Å². The van der Waals surface area contributed by atoms with Crippen LogP contribution in [-0.2, 0) is 0 Å². The lowest BCUT2D eigenvalue weighted by Gasteiger charge is -2.34. The van der Waals surface area contributed by atoms with Gasteiger partial charge in [-0.05, 0) is 17.7 Å². The van der Waals surface area contributed by atoms with Gasteiger partial charge in [0.15, 0.2) is 0 Å². The topological polar surface area (TPSA) is 52.0 Å². The van der Waals surface area contributed by atoms with Crippen LogP contribution in [0.4, 0.5) is 0 Å². The molecule has 0 unspecified atom stereocenters. The number of fused-ring (bicyclic) bond motifs is 1. The van der Waals surface area contributed by atoms with Gasteiger partial charge in [-0.1, -0.05) is 18.2 Å². The molecule has 2 heterocycles. The maximum atomic E-state index is 9.19. The zero-order valence-electron chi connectivity index (χ0n) is 12.2. The summed E-state index contributed by atoms with van der Waals surface area (Å²) in [6.07, 6.45) is 2.37. The smallest absolute Gasteiger partial charge is 0.0705 e. The van der Waals surface area contributed by atoms with Gasteiger partial charge in [-0.25, -0.2) is 0 Å². The minimum absolute atomic E-state index is 0. The number of nitrogens with one attached hydrogen (secondary N) is 1. The standard InChI is InChI=1S/C16H18N4.2ClH/c17-7-5-16(20-11-9-18-10-12-20)14-6-8-19-15-4-2-1-3-13(14)15;;/h1-4,6,8,16,18H,5,9-12H2;2*1H/t16-;;/m1../s1. The summed E-state index contributed by atoms with van der Waals surface area (Å²) in [5.41, 5.74) is 2.22. The van der Waals surface area contributed by atoms with Crippen LogP contribution in [0.25, 0.3) is 10.9 Å². The Balaban J connectivity index is 0.00000121. The van der Waals surface area contributed by atoms with E-state index in [0.29, 0.717) is 6.42 Å². The quantitative estimate of drug-likeness (QED) is 0.934. The van der Waals surface area contributed by atoms with E-state index in [1.807, 2.05) is 24.4 Å². The normalized spacial score (nSPS) is 16.1. The zero-order valence-corrected chi connectivity index (χ0v) is 13.9. The van der Waals surface area contributed by atoms with Crippen molar-refractivity contribution in [1.82, 2.24) is 15.2 Å². The Hall–Kier alpha value is -1.38.